The predicted molar refractivity (Wildman–Crippen MR) is 75.9 cm³/mol. The monoisotopic (exact) mass is 282 g/mol. The number of sulfone groups is 1. The van der Waals surface area contributed by atoms with Gasteiger partial charge in [0.15, 0.2) is 9.84 Å². The van der Waals surface area contributed by atoms with Gasteiger partial charge >= 0.3 is 0 Å². The van der Waals surface area contributed by atoms with Crippen molar-refractivity contribution in [3.05, 3.63) is 18.6 Å². The third-order valence-electron chi connectivity index (χ3n) is 3.38. The number of fused-ring (bicyclic) bond motifs is 1. The first-order chi connectivity index (χ1) is 8.81. The summed E-state index contributed by atoms with van der Waals surface area (Å²) < 4.78 is 22.5. The number of hydrogen-bond acceptors (Lipinski definition) is 5. The molecule has 19 heavy (non-hydrogen) atoms. The van der Waals surface area contributed by atoms with Crippen molar-refractivity contribution in [3.8, 4) is 0 Å². The van der Waals surface area contributed by atoms with Crippen LogP contribution in [0.2, 0.25) is 0 Å². The lowest BCUT2D eigenvalue weighted by Gasteiger charge is -2.22. The normalized spacial score (nSPS) is 12.8. The second-order valence-corrected chi connectivity index (χ2v) is 7.82. The molecule has 7 heteroatoms. The highest BCUT2D eigenvalue weighted by molar-refractivity contribution is 7.92. The average Bonchev–Trinajstić information content (AvgIpc) is 2.76. The molecule has 2 rings (SSSR count). The molecular formula is C12H18N4O2S. The molecule has 2 aromatic rings. The minimum absolute atomic E-state index is 0.516. The molecule has 0 aliphatic rings. The molecule has 2 N–H and O–H groups in total. The van der Waals surface area contributed by atoms with Crippen molar-refractivity contribution in [1.29, 1.82) is 0 Å². The predicted octanol–water partition coefficient (Wildman–Crippen LogP) is 1.58. The molecular weight excluding hydrogens is 264 g/mol. The molecule has 0 bridgehead atoms. The Morgan fingerprint density at radius 2 is 2.11 bits per heavy atom. The van der Waals surface area contributed by atoms with Crippen molar-refractivity contribution in [1.82, 2.24) is 15.0 Å². The third kappa shape index (κ3) is 2.86. The molecule has 0 aliphatic heterocycles. The molecule has 104 valence electrons. The Balaban J connectivity index is 2.06. The first kappa shape index (κ1) is 13.8. The van der Waals surface area contributed by atoms with Gasteiger partial charge in [0.2, 0.25) is 0 Å². The van der Waals surface area contributed by atoms with Crippen LogP contribution in [0.4, 0.5) is 5.82 Å². The zero-order chi connectivity index (χ0) is 14.1. The highest BCUT2D eigenvalue weighted by atomic mass is 32.2. The van der Waals surface area contributed by atoms with Gasteiger partial charge in [0.25, 0.3) is 0 Å². The van der Waals surface area contributed by atoms with Crippen molar-refractivity contribution in [2.45, 2.75) is 25.0 Å². The maximum atomic E-state index is 11.6. The van der Waals surface area contributed by atoms with E-state index < -0.39 is 14.6 Å². The van der Waals surface area contributed by atoms with E-state index in [0.717, 1.165) is 16.9 Å². The van der Waals surface area contributed by atoms with Crippen molar-refractivity contribution < 1.29 is 8.42 Å². The van der Waals surface area contributed by atoms with E-state index in [-0.39, 0.29) is 0 Å². The molecule has 0 amide bonds. The second-order valence-electron chi connectivity index (χ2n) is 5.17. The van der Waals surface area contributed by atoms with E-state index in [1.807, 2.05) is 6.07 Å². The minimum Gasteiger partial charge on any atom is -0.369 e. The van der Waals surface area contributed by atoms with E-state index in [1.165, 1.54) is 12.6 Å². The van der Waals surface area contributed by atoms with Gasteiger partial charge in [-0.2, -0.15) is 0 Å². The molecule has 0 saturated carbocycles. The fraction of sp³-hybridized carbons (Fsp3) is 0.500. The molecule has 0 aliphatic carbocycles. The van der Waals surface area contributed by atoms with Gasteiger partial charge < -0.3 is 10.3 Å². The maximum absolute atomic E-state index is 11.6. The molecule has 0 fully saturated rings. The first-order valence-corrected chi connectivity index (χ1v) is 7.92. The molecule has 0 saturated heterocycles. The van der Waals surface area contributed by atoms with Crippen LogP contribution in [0, 0.1) is 0 Å². The van der Waals surface area contributed by atoms with Crippen LogP contribution in [0.15, 0.2) is 18.6 Å². The van der Waals surface area contributed by atoms with E-state index in [0.29, 0.717) is 13.0 Å². The van der Waals surface area contributed by atoms with Gasteiger partial charge in [-0.25, -0.2) is 18.4 Å². The van der Waals surface area contributed by atoms with Gasteiger partial charge in [0.1, 0.15) is 17.8 Å². The summed E-state index contributed by atoms with van der Waals surface area (Å²) in [6.07, 6.45) is 5.05. The van der Waals surface area contributed by atoms with Crippen LogP contribution in [-0.4, -0.2) is 40.9 Å². The van der Waals surface area contributed by atoms with Crippen LogP contribution in [0.1, 0.15) is 20.3 Å². The average molecular weight is 282 g/mol. The van der Waals surface area contributed by atoms with E-state index in [9.17, 15) is 8.42 Å². The van der Waals surface area contributed by atoms with Crippen LogP contribution in [0.3, 0.4) is 0 Å². The van der Waals surface area contributed by atoms with Crippen molar-refractivity contribution in [3.63, 3.8) is 0 Å². The van der Waals surface area contributed by atoms with E-state index >= 15 is 0 Å². The number of hydrogen-bond donors (Lipinski definition) is 2. The summed E-state index contributed by atoms with van der Waals surface area (Å²) in [6, 6.07) is 1.89. The molecule has 0 unspecified atom stereocenters. The summed E-state index contributed by atoms with van der Waals surface area (Å²) in [4.78, 5) is 11.3. The zero-order valence-electron chi connectivity index (χ0n) is 11.3. The fourth-order valence-corrected chi connectivity index (χ4v) is 2.15. The summed E-state index contributed by atoms with van der Waals surface area (Å²) in [7, 11) is -3.07. The molecule has 0 atom stereocenters. The Labute approximate surface area is 112 Å². The highest BCUT2D eigenvalue weighted by Crippen LogP contribution is 2.21. The van der Waals surface area contributed by atoms with Crippen LogP contribution in [0.25, 0.3) is 11.0 Å². The number of nitrogens with zero attached hydrogens (tertiary/aromatic N) is 2. The molecule has 2 aromatic heterocycles. The second kappa shape index (κ2) is 4.80. The molecule has 6 nitrogen and oxygen atoms in total. The molecule has 0 aromatic carbocycles. The van der Waals surface area contributed by atoms with Crippen molar-refractivity contribution >= 4 is 26.7 Å². The highest BCUT2D eigenvalue weighted by Gasteiger charge is 2.29. The van der Waals surface area contributed by atoms with Gasteiger partial charge in [-0.1, -0.05) is 0 Å². The summed E-state index contributed by atoms with van der Waals surface area (Å²) in [5, 5.41) is 4.07. The number of H-pyrrole nitrogens is 1. The number of aromatic nitrogens is 3. The Morgan fingerprint density at radius 1 is 1.37 bits per heavy atom. The lowest BCUT2D eigenvalue weighted by molar-refractivity contribution is 0.539. The summed E-state index contributed by atoms with van der Waals surface area (Å²) in [5.41, 5.74) is 0.764. The Hall–Kier alpha value is -1.63. The standard InChI is InChI=1S/C12H18N4O2S/c1-12(2,19(3,17)18)5-7-14-11-9-4-6-13-10(9)15-8-16-11/h4,6,8H,5,7H2,1-3H3,(H2,13,14,15,16). The number of aromatic amines is 1. The first-order valence-electron chi connectivity index (χ1n) is 6.03. The number of rotatable bonds is 5. The van der Waals surface area contributed by atoms with E-state index in [2.05, 4.69) is 20.3 Å². The van der Waals surface area contributed by atoms with E-state index in [1.54, 1.807) is 20.0 Å². The fourth-order valence-electron chi connectivity index (χ4n) is 1.68. The lowest BCUT2D eigenvalue weighted by Crippen LogP contribution is -2.33. The summed E-state index contributed by atoms with van der Waals surface area (Å²) >= 11 is 0. The van der Waals surface area contributed by atoms with Crippen LogP contribution < -0.4 is 5.32 Å². The maximum Gasteiger partial charge on any atom is 0.152 e. The third-order valence-corrected chi connectivity index (χ3v) is 5.59. The van der Waals surface area contributed by atoms with E-state index in [4.69, 9.17) is 0 Å². The molecule has 0 spiro atoms. The Bertz CT molecular complexity index is 676. The number of anilines is 1. The van der Waals surface area contributed by atoms with Crippen LogP contribution in [0.5, 0.6) is 0 Å². The Kier molecular flexibility index (Phi) is 3.49. The zero-order valence-corrected chi connectivity index (χ0v) is 12.1. The summed E-state index contributed by atoms with van der Waals surface area (Å²) in [5.74, 6) is 0.718. The lowest BCUT2D eigenvalue weighted by atomic mass is 10.1. The van der Waals surface area contributed by atoms with Gasteiger partial charge in [-0.05, 0) is 26.3 Å². The van der Waals surface area contributed by atoms with Gasteiger partial charge in [-0.3, -0.25) is 0 Å². The van der Waals surface area contributed by atoms with Gasteiger partial charge in [0.05, 0.1) is 10.1 Å². The quantitative estimate of drug-likeness (QED) is 0.869. The Morgan fingerprint density at radius 3 is 2.79 bits per heavy atom. The molecule has 2 heterocycles. The van der Waals surface area contributed by atoms with Crippen molar-refractivity contribution in [2.24, 2.45) is 0 Å². The van der Waals surface area contributed by atoms with Gasteiger partial charge in [-0.15, -0.1) is 0 Å². The van der Waals surface area contributed by atoms with Crippen LogP contribution >= 0.6 is 0 Å². The smallest absolute Gasteiger partial charge is 0.152 e. The summed E-state index contributed by atoms with van der Waals surface area (Å²) in [6.45, 7) is 4.00. The topological polar surface area (TPSA) is 87.7 Å². The van der Waals surface area contributed by atoms with Crippen molar-refractivity contribution in [2.75, 3.05) is 18.1 Å². The largest absolute Gasteiger partial charge is 0.369 e. The number of nitrogens with one attached hydrogen (secondary N) is 2. The van der Waals surface area contributed by atoms with Gasteiger partial charge in [0, 0.05) is 19.0 Å². The molecule has 0 radical (unpaired) electrons. The minimum atomic E-state index is -3.07. The SMILES string of the molecule is CC(C)(CCNc1ncnc2[nH]ccc12)S(C)(=O)=O. The van der Waals surface area contributed by atoms with Crippen LogP contribution in [-0.2, 0) is 9.84 Å².